The van der Waals surface area contributed by atoms with Crippen molar-refractivity contribution in [2.75, 3.05) is 0 Å². The molecule has 0 saturated heterocycles. The van der Waals surface area contributed by atoms with Crippen LogP contribution in [0.1, 0.15) is 77.8 Å². The van der Waals surface area contributed by atoms with Crippen molar-refractivity contribution in [3.63, 3.8) is 0 Å². The van der Waals surface area contributed by atoms with Gasteiger partial charge in [0.05, 0.1) is 11.4 Å². The zero-order valence-electron chi connectivity index (χ0n) is 24.0. The molecule has 0 unspecified atom stereocenters. The summed E-state index contributed by atoms with van der Waals surface area (Å²) in [6.07, 6.45) is 14.3. The van der Waals surface area contributed by atoms with Gasteiger partial charge < -0.3 is 5.32 Å². The van der Waals surface area contributed by atoms with Crippen LogP contribution in [0.3, 0.4) is 0 Å². The van der Waals surface area contributed by atoms with Gasteiger partial charge in [-0.3, -0.25) is 0 Å². The highest BCUT2D eigenvalue weighted by Gasteiger charge is 2.39. The van der Waals surface area contributed by atoms with Gasteiger partial charge in [0.15, 0.2) is 0 Å². The molecule has 4 aromatic rings. The molecule has 1 aliphatic heterocycles. The minimum absolute atomic E-state index is 0.599. The molecular weight excluding hydrogens is 510 g/mol. The molecule has 0 spiro atoms. The molecule has 4 aromatic carbocycles. The molecule has 42 heavy (non-hydrogen) atoms. The molecule has 1 heterocycles. The molecule has 1 saturated carbocycles. The average molecular weight is 548 g/mol. The van der Waals surface area contributed by atoms with E-state index in [0.29, 0.717) is 0 Å². The van der Waals surface area contributed by atoms with E-state index in [1.807, 2.05) is 0 Å². The van der Waals surface area contributed by atoms with Crippen LogP contribution in [-0.2, 0) is 12.0 Å². The van der Waals surface area contributed by atoms with Gasteiger partial charge in [-0.15, -0.1) is 0 Å². The van der Waals surface area contributed by atoms with E-state index in [1.54, 1.807) is 6.34 Å². The number of fused-ring (bicyclic) bond motifs is 1. The van der Waals surface area contributed by atoms with Crippen molar-refractivity contribution < 1.29 is 0 Å². The fraction of sp³-hybridized carbons (Fsp3) is 0.231. The Morgan fingerprint density at radius 2 is 1.36 bits per heavy atom. The summed E-state index contributed by atoms with van der Waals surface area (Å²) in [5.74, 6) is 0.723. The Morgan fingerprint density at radius 3 is 2.07 bits per heavy atom. The summed E-state index contributed by atoms with van der Waals surface area (Å²) in [6.45, 7) is 0. The molecule has 208 valence electrons. The van der Waals surface area contributed by atoms with Crippen LogP contribution in [0.5, 0.6) is 0 Å². The zero-order chi connectivity index (χ0) is 28.2. The van der Waals surface area contributed by atoms with Gasteiger partial charge in [-0.25, -0.2) is 9.98 Å². The topological polar surface area (TPSA) is 36.8 Å². The summed E-state index contributed by atoms with van der Waals surface area (Å²) in [5, 5.41) is 4.09. The molecule has 2 aliphatic carbocycles. The maximum absolute atomic E-state index is 4.55. The second kappa shape index (κ2) is 11.8. The van der Waals surface area contributed by atoms with Crippen LogP contribution in [0.4, 0.5) is 0 Å². The van der Waals surface area contributed by atoms with Crippen LogP contribution in [0.15, 0.2) is 143 Å². The molecular formula is C39H37N3. The number of rotatable bonds is 8. The number of aliphatic imine (C=N–C) groups is 2. The molecule has 0 radical (unpaired) electrons. The van der Waals surface area contributed by atoms with Crippen LogP contribution in [0.25, 0.3) is 0 Å². The lowest BCUT2D eigenvalue weighted by molar-refractivity contribution is 0.443. The van der Waals surface area contributed by atoms with Gasteiger partial charge in [0.2, 0.25) is 0 Å². The highest BCUT2D eigenvalue weighted by Crippen LogP contribution is 2.41. The molecule has 0 amide bonds. The van der Waals surface area contributed by atoms with E-state index in [4.69, 9.17) is 0 Å². The van der Waals surface area contributed by atoms with Crippen LogP contribution >= 0.6 is 0 Å². The second-order valence-corrected chi connectivity index (χ2v) is 11.8. The van der Waals surface area contributed by atoms with E-state index in [-0.39, 0.29) is 0 Å². The Kier molecular flexibility index (Phi) is 7.40. The van der Waals surface area contributed by atoms with Gasteiger partial charge in [0.25, 0.3) is 0 Å². The third-order valence-corrected chi connectivity index (χ3v) is 9.14. The van der Waals surface area contributed by atoms with E-state index in [2.05, 4.69) is 137 Å². The predicted octanol–water partition coefficient (Wildman–Crippen LogP) is 8.86. The molecule has 3 aliphatic rings. The normalized spacial score (nSPS) is 16.8. The Morgan fingerprint density at radius 1 is 0.690 bits per heavy atom. The predicted molar refractivity (Wildman–Crippen MR) is 174 cm³/mol. The number of hydrogen-bond donors (Lipinski definition) is 1. The number of nitrogens with one attached hydrogen (secondary N) is 1. The van der Waals surface area contributed by atoms with Gasteiger partial charge in [0, 0.05) is 12.1 Å². The Bertz CT molecular complexity index is 1610. The zero-order valence-corrected chi connectivity index (χ0v) is 24.0. The lowest BCUT2D eigenvalue weighted by Gasteiger charge is -2.40. The fourth-order valence-corrected chi connectivity index (χ4v) is 6.99. The number of hydrogen-bond acceptors (Lipinski definition) is 3. The van der Waals surface area contributed by atoms with E-state index in [1.165, 1.54) is 65.5 Å². The van der Waals surface area contributed by atoms with Gasteiger partial charge in [-0.05, 0) is 70.7 Å². The molecule has 1 N–H and O–H groups in total. The maximum Gasteiger partial charge on any atom is 0.116 e. The summed E-state index contributed by atoms with van der Waals surface area (Å²) < 4.78 is 0. The molecule has 3 heteroatoms. The maximum atomic E-state index is 4.55. The average Bonchev–Trinajstić information content (AvgIpc) is 3.54. The van der Waals surface area contributed by atoms with Crippen LogP contribution in [0, 0.1) is 0 Å². The van der Waals surface area contributed by atoms with Gasteiger partial charge >= 0.3 is 0 Å². The molecule has 1 fully saturated rings. The highest BCUT2D eigenvalue weighted by molar-refractivity contribution is 6.09. The van der Waals surface area contributed by atoms with E-state index in [9.17, 15) is 0 Å². The Hall–Kier alpha value is -4.50. The SMILES string of the molecule is C1=NC2=CC=C(NC(c3ccccc3)(c3ccccc3)c3ccccc3Cc3ccc(C4CCCCC4)cc3)CC2=N1. The van der Waals surface area contributed by atoms with Crippen molar-refractivity contribution >= 4 is 12.1 Å². The van der Waals surface area contributed by atoms with E-state index < -0.39 is 5.54 Å². The van der Waals surface area contributed by atoms with Crippen LogP contribution in [0.2, 0.25) is 0 Å². The van der Waals surface area contributed by atoms with E-state index in [0.717, 1.165) is 35.9 Å². The Balaban J connectivity index is 1.32. The minimum Gasteiger partial charge on any atom is -0.371 e. The molecule has 7 rings (SSSR count). The lowest BCUT2D eigenvalue weighted by atomic mass is 9.74. The lowest BCUT2D eigenvalue weighted by Crippen LogP contribution is -2.45. The summed E-state index contributed by atoms with van der Waals surface area (Å²) >= 11 is 0. The number of benzene rings is 4. The third kappa shape index (κ3) is 5.16. The first-order valence-electron chi connectivity index (χ1n) is 15.4. The molecule has 0 bridgehead atoms. The van der Waals surface area contributed by atoms with Crippen molar-refractivity contribution in [1.29, 1.82) is 0 Å². The largest absolute Gasteiger partial charge is 0.371 e. The fourth-order valence-electron chi connectivity index (χ4n) is 6.99. The third-order valence-electron chi connectivity index (χ3n) is 9.14. The Labute approximate surface area is 249 Å². The number of nitrogens with zero attached hydrogens (tertiary/aromatic N) is 2. The molecule has 0 atom stereocenters. The molecule has 3 nitrogen and oxygen atoms in total. The van der Waals surface area contributed by atoms with Crippen molar-refractivity contribution in [2.45, 2.75) is 56.4 Å². The monoisotopic (exact) mass is 547 g/mol. The second-order valence-electron chi connectivity index (χ2n) is 11.8. The molecule has 0 aromatic heterocycles. The minimum atomic E-state index is -0.599. The first-order chi connectivity index (χ1) is 20.8. The standard InChI is InChI=1S/C39H37N3/c1-4-12-30(13-5-1)31-22-20-29(21-23-31)26-32-14-10-11-19-36(32)39(33-15-6-2-7-16-33,34-17-8-3-9-18-34)42-35-24-25-37-38(27-35)41-28-40-37/h2-3,6-11,14-25,28,30,42H,1,4-5,12-13,26-27H2. The van der Waals surface area contributed by atoms with Crippen molar-refractivity contribution in [1.82, 2.24) is 5.32 Å². The van der Waals surface area contributed by atoms with E-state index >= 15 is 0 Å². The first kappa shape index (κ1) is 26.4. The van der Waals surface area contributed by atoms with Gasteiger partial charge in [0.1, 0.15) is 11.9 Å². The smallest absolute Gasteiger partial charge is 0.116 e. The number of allylic oxidation sites excluding steroid dienone is 4. The van der Waals surface area contributed by atoms with Crippen molar-refractivity contribution in [3.8, 4) is 0 Å². The quantitative estimate of drug-likeness (QED) is 0.220. The van der Waals surface area contributed by atoms with Gasteiger partial charge in [-0.2, -0.15) is 0 Å². The van der Waals surface area contributed by atoms with Crippen molar-refractivity contribution in [3.05, 3.63) is 166 Å². The van der Waals surface area contributed by atoms with Gasteiger partial charge in [-0.1, -0.05) is 128 Å². The summed E-state index contributed by atoms with van der Waals surface area (Å²) in [6, 6.07) is 40.2. The van der Waals surface area contributed by atoms with Crippen LogP contribution < -0.4 is 5.32 Å². The van der Waals surface area contributed by atoms with Crippen LogP contribution in [-0.4, -0.2) is 12.1 Å². The first-order valence-corrected chi connectivity index (χ1v) is 15.4. The summed E-state index contributed by atoms with van der Waals surface area (Å²) in [7, 11) is 0. The summed E-state index contributed by atoms with van der Waals surface area (Å²) in [4.78, 5) is 8.97. The highest BCUT2D eigenvalue weighted by atomic mass is 15.0. The van der Waals surface area contributed by atoms with Crippen molar-refractivity contribution in [2.24, 2.45) is 9.98 Å². The summed E-state index contributed by atoms with van der Waals surface area (Å²) in [5.41, 5.74) is 10.3.